The van der Waals surface area contributed by atoms with Gasteiger partial charge in [-0.2, -0.15) is 0 Å². The molecule has 0 aromatic heterocycles. The van der Waals surface area contributed by atoms with Crippen LogP contribution in [0.3, 0.4) is 0 Å². The number of carbonyl (C=O) groups excluding carboxylic acids is 2. The molecule has 0 aromatic carbocycles. The quantitative estimate of drug-likeness (QED) is 0.282. The molecule has 5 nitrogen and oxygen atoms in total. The van der Waals surface area contributed by atoms with Crippen molar-refractivity contribution in [1.82, 2.24) is 0 Å². The fourth-order valence-corrected chi connectivity index (χ4v) is 3.65. The maximum absolute atomic E-state index is 12.6. The van der Waals surface area contributed by atoms with Crippen LogP contribution in [0.4, 0.5) is 0 Å². The van der Waals surface area contributed by atoms with Gasteiger partial charge in [0.05, 0.1) is 24.4 Å². The van der Waals surface area contributed by atoms with Crippen LogP contribution in [-0.2, 0) is 23.2 Å². The smallest absolute Gasteiger partial charge is 0.308 e. The van der Waals surface area contributed by atoms with Gasteiger partial charge >= 0.3 is 7.60 Å². The van der Waals surface area contributed by atoms with Crippen molar-refractivity contribution in [3.63, 3.8) is 0 Å². The Hall–Kier alpha value is -0.770. The van der Waals surface area contributed by atoms with Crippen molar-refractivity contribution in [3.8, 4) is 0 Å². The molecule has 0 aliphatic carbocycles. The monoisotopic (exact) mass is 290 g/mol. The van der Waals surface area contributed by atoms with Gasteiger partial charge in [-0.1, -0.05) is 13.0 Å². The zero-order chi connectivity index (χ0) is 15.1. The van der Waals surface area contributed by atoms with Crippen LogP contribution in [0.2, 0.25) is 0 Å². The van der Waals surface area contributed by atoms with Crippen LogP contribution >= 0.6 is 7.60 Å². The predicted molar refractivity (Wildman–Crippen MR) is 74.4 cm³/mol. The summed E-state index contributed by atoms with van der Waals surface area (Å²) in [4.78, 5) is 22.8. The van der Waals surface area contributed by atoms with Crippen molar-refractivity contribution >= 4 is 19.2 Å². The molecule has 1 unspecified atom stereocenters. The Morgan fingerprint density at radius 2 is 1.47 bits per heavy atom. The second-order valence-corrected chi connectivity index (χ2v) is 6.30. The zero-order valence-electron chi connectivity index (χ0n) is 12.3. The molecule has 0 radical (unpaired) electrons. The standard InChI is InChI=1S/C13H23O5P/c1-6-12(9-13(10(4)14)11(5)15)19(16,17-7-2)18-8-3/h9,12H,6-8H2,1-5H3. The first-order chi connectivity index (χ1) is 8.82. The summed E-state index contributed by atoms with van der Waals surface area (Å²) >= 11 is 0. The van der Waals surface area contributed by atoms with Crippen molar-refractivity contribution in [2.75, 3.05) is 13.2 Å². The zero-order valence-corrected chi connectivity index (χ0v) is 13.2. The van der Waals surface area contributed by atoms with Crippen molar-refractivity contribution in [1.29, 1.82) is 0 Å². The molecule has 0 heterocycles. The second kappa shape index (κ2) is 8.41. The molecule has 6 heteroatoms. The predicted octanol–water partition coefficient (Wildman–Crippen LogP) is 3.14. The average molecular weight is 290 g/mol. The summed E-state index contributed by atoms with van der Waals surface area (Å²) in [5.41, 5.74) is -0.540. The summed E-state index contributed by atoms with van der Waals surface area (Å²) in [6.45, 7) is 8.37. The summed E-state index contributed by atoms with van der Waals surface area (Å²) in [7, 11) is -3.34. The minimum atomic E-state index is -3.34. The molecule has 0 aromatic rings. The lowest BCUT2D eigenvalue weighted by molar-refractivity contribution is -0.119. The summed E-state index contributed by atoms with van der Waals surface area (Å²) in [5.74, 6) is -0.684. The average Bonchev–Trinajstić information content (AvgIpc) is 2.29. The van der Waals surface area contributed by atoms with Gasteiger partial charge in [0.2, 0.25) is 0 Å². The first kappa shape index (κ1) is 18.2. The fourth-order valence-electron chi connectivity index (χ4n) is 1.70. The van der Waals surface area contributed by atoms with Gasteiger partial charge in [-0.3, -0.25) is 14.2 Å². The highest BCUT2D eigenvalue weighted by Crippen LogP contribution is 2.54. The van der Waals surface area contributed by atoms with E-state index in [-0.39, 0.29) is 30.4 Å². The Kier molecular flexibility index (Phi) is 8.07. The van der Waals surface area contributed by atoms with Crippen LogP contribution < -0.4 is 0 Å². The van der Waals surface area contributed by atoms with Gasteiger partial charge in [0.25, 0.3) is 0 Å². The number of allylic oxidation sites excluding steroid dienone is 2. The Balaban J connectivity index is 5.49. The van der Waals surface area contributed by atoms with Gasteiger partial charge < -0.3 is 9.05 Å². The first-order valence-corrected chi connectivity index (χ1v) is 8.05. The molecule has 0 aliphatic rings. The van der Waals surface area contributed by atoms with E-state index in [2.05, 4.69) is 0 Å². The van der Waals surface area contributed by atoms with E-state index in [1.807, 2.05) is 6.92 Å². The van der Waals surface area contributed by atoms with Gasteiger partial charge in [0.1, 0.15) is 0 Å². The molecule has 0 bridgehead atoms. The number of hydrogen-bond acceptors (Lipinski definition) is 5. The summed E-state index contributed by atoms with van der Waals surface area (Å²) in [6.07, 6.45) is 1.89. The van der Waals surface area contributed by atoms with Crippen LogP contribution in [0, 0.1) is 0 Å². The number of hydrogen-bond donors (Lipinski definition) is 0. The van der Waals surface area contributed by atoms with E-state index in [4.69, 9.17) is 9.05 Å². The molecule has 0 aliphatic heterocycles. The van der Waals surface area contributed by atoms with Gasteiger partial charge in [-0.05, 0) is 34.1 Å². The second-order valence-electron chi connectivity index (χ2n) is 4.04. The first-order valence-electron chi connectivity index (χ1n) is 6.44. The molecule has 0 amide bonds. The van der Waals surface area contributed by atoms with E-state index >= 15 is 0 Å². The highest BCUT2D eigenvalue weighted by atomic mass is 31.2. The molecule has 19 heavy (non-hydrogen) atoms. The van der Waals surface area contributed by atoms with Crippen LogP contribution in [0.15, 0.2) is 11.6 Å². The van der Waals surface area contributed by atoms with Crippen molar-refractivity contribution in [2.24, 2.45) is 0 Å². The van der Waals surface area contributed by atoms with Crippen LogP contribution in [0.1, 0.15) is 41.0 Å². The minimum absolute atomic E-state index is 0.0477. The van der Waals surface area contributed by atoms with Gasteiger partial charge in [-0.25, -0.2) is 0 Å². The SMILES string of the molecule is CCOP(=O)(OCC)C(C=C(C(C)=O)C(C)=O)CC. The topological polar surface area (TPSA) is 69.7 Å². The third-order valence-corrected chi connectivity index (χ3v) is 5.12. The van der Waals surface area contributed by atoms with E-state index < -0.39 is 13.3 Å². The van der Waals surface area contributed by atoms with Crippen molar-refractivity contribution in [2.45, 2.75) is 46.7 Å². The number of carbonyl (C=O) groups is 2. The normalized spacial score (nSPS) is 12.9. The van der Waals surface area contributed by atoms with Crippen LogP contribution in [-0.4, -0.2) is 30.4 Å². The highest BCUT2D eigenvalue weighted by molar-refractivity contribution is 7.54. The maximum Gasteiger partial charge on any atom is 0.337 e. The number of ketones is 2. The minimum Gasteiger partial charge on any atom is -0.308 e. The van der Waals surface area contributed by atoms with Gasteiger partial charge in [-0.15, -0.1) is 0 Å². The molecule has 0 saturated carbocycles. The van der Waals surface area contributed by atoms with Crippen LogP contribution in [0.5, 0.6) is 0 Å². The Morgan fingerprint density at radius 3 is 1.74 bits per heavy atom. The van der Waals surface area contributed by atoms with E-state index in [1.54, 1.807) is 13.8 Å². The van der Waals surface area contributed by atoms with E-state index in [9.17, 15) is 14.2 Å². The molecule has 0 saturated heterocycles. The van der Waals surface area contributed by atoms with E-state index in [1.165, 1.54) is 19.9 Å². The van der Waals surface area contributed by atoms with E-state index in [0.717, 1.165) is 0 Å². The Labute approximate surface area is 114 Å². The summed E-state index contributed by atoms with van der Waals surface area (Å²) in [6, 6.07) is 0. The lowest BCUT2D eigenvalue weighted by Crippen LogP contribution is -2.15. The molecule has 0 fully saturated rings. The Bertz CT molecular complexity index is 374. The maximum atomic E-state index is 12.6. The molecule has 0 rings (SSSR count). The third-order valence-electron chi connectivity index (χ3n) is 2.56. The highest BCUT2D eigenvalue weighted by Gasteiger charge is 2.33. The number of Topliss-reactive ketones (excluding diaryl/α,β-unsaturated/α-hetero) is 2. The molecule has 0 spiro atoms. The van der Waals surface area contributed by atoms with Crippen molar-refractivity contribution in [3.05, 3.63) is 11.6 Å². The molecule has 1 atom stereocenters. The van der Waals surface area contributed by atoms with Crippen LogP contribution in [0.25, 0.3) is 0 Å². The van der Waals surface area contributed by atoms with E-state index in [0.29, 0.717) is 6.42 Å². The Morgan fingerprint density at radius 1 is 1.05 bits per heavy atom. The largest absolute Gasteiger partial charge is 0.337 e. The lowest BCUT2D eigenvalue weighted by Gasteiger charge is -2.23. The lowest BCUT2D eigenvalue weighted by atomic mass is 10.1. The summed E-state index contributed by atoms with van der Waals surface area (Å²) < 4.78 is 23.1. The fraction of sp³-hybridized carbons (Fsp3) is 0.692. The molecular formula is C13H23O5P. The van der Waals surface area contributed by atoms with Gasteiger partial charge in [0, 0.05) is 0 Å². The van der Waals surface area contributed by atoms with Gasteiger partial charge in [0.15, 0.2) is 11.6 Å². The number of rotatable bonds is 9. The molecule has 0 N–H and O–H groups in total. The molecule has 110 valence electrons. The molecular weight excluding hydrogens is 267 g/mol. The van der Waals surface area contributed by atoms with Crippen molar-refractivity contribution < 1.29 is 23.2 Å². The summed E-state index contributed by atoms with van der Waals surface area (Å²) in [5, 5.41) is 0. The third kappa shape index (κ3) is 5.39.